The minimum atomic E-state index is -3.74. The number of rotatable bonds is 9. The summed E-state index contributed by atoms with van der Waals surface area (Å²) in [5.41, 5.74) is 3.52. The smallest absolute Gasteiger partial charge is 0.261 e. The number of carbonyl (C=O) groups excluding carboxylic acids is 1. The van der Waals surface area contributed by atoms with Gasteiger partial charge in [0.05, 0.1) is 18.0 Å². The topological polar surface area (TPSA) is 93.7 Å². The lowest BCUT2D eigenvalue weighted by Gasteiger charge is -2.15. The van der Waals surface area contributed by atoms with E-state index in [0.717, 1.165) is 22.4 Å². The van der Waals surface area contributed by atoms with Crippen molar-refractivity contribution >= 4 is 21.6 Å². The maximum absolute atomic E-state index is 12.6. The van der Waals surface area contributed by atoms with E-state index in [9.17, 15) is 13.2 Å². The van der Waals surface area contributed by atoms with Crippen LogP contribution in [-0.4, -0.2) is 28.0 Å². The van der Waals surface area contributed by atoms with E-state index in [2.05, 4.69) is 10.0 Å². The minimum Gasteiger partial charge on any atom is -0.497 e. The highest BCUT2D eigenvalue weighted by Gasteiger charge is 2.15. The molecule has 0 spiro atoms. The molecule has 174 valence electrons. The predicted octanol–water partition coefficient (Wildman–Crippen LogP) is 4.37. The highest BCUT2D eigenvalue weighted by Crippen LogP contribution is 2.21. The van der Waals surface area contributed by atoms with E-state index < -0.39 is 10.0 Å². The second-order valence-corrected chi connectivity index (χ2v) is 9.41. The second kappa shape index (κ2) is 10.4. The van der Waals surface area contributed by atoms with E-state index in [4.69, 9.17) is 9.47 Å². The van der Waals surface area contributed by atoms with Crippen LogP contribution in [0.5, 0.6) is 11.5 Å². The first-order valence-corrected chi connectivity index (χ1v) is 11.9. The molecule has 0 heterocycles. The normalized spacial score (nSPS) is 12.0. The average Bonchev–Trinajstić information content (AvgIpc) is 2.80. The summed E-state index contributed by atoms with van der Waals surface area (Å²) in [6.45, 7) is 5.58. The molecule has 0 fully saturated rings. The van der Waals surface area contributed by atoms with E-state index >= 15 is 0 Å². The molecule has 0 aliphatic rings. The Labute approximate surface area is 194 Å². The van der Waals surface area contributed by atoms with Crippen LogP contribution in [0.15, 0.2) is 71.6 Å². The summed E-state index contributed by atoms with van der Waals surface area (Å²) in [6.07, 6.45) is 0. The minimum absolute atomic E-state index is 0.102. The lowest BCUT2D eigenvalue weighted by Crippen LogP contribution is -2.31. The number of carbonyl (C=O) groups is 1. The van der Waals surface area contributed by atoms with Gasteiger partial charge in [0.2, 0.25) is 0 Å². The number of nitrogens with one attached hydrogen (secondary N) is 2. The van der Waals surface area contributed by atoms with Crippen LogP contribution in [0.3, 0.4) is 0 Å². The van der Waals surface area contributed by atoms with Gasteiger partial charge < -0.3 is 14.8 Å². The quantitative estimate of drug-likeness (QED) is 0.486. The van der Waals surface area contributed by atoms with Crippen LogP contribution < -0.4 is 19.5 Å². The Hall–Kier alpha value is -3.52. The molecule has 7 nitrogen and oxygen atoms in total. The van der Waals surface area contributed by atoms with Crippen LogP contribution in [0, 0.1) is 13.8 Å². The van der Waals surface area contributed by atoms with Gasteiger partial charge in [0.25, 0.3) is 15.9 Å². The molecule has 3 aromatic rings. The zero-order valence-corrected chi connectivity index (χ0v) is 19.9. The van der Waals surface area contributed by atoms with E-state index in [-0.39, 0.29) is 23.5 Å². The van der Waals surface area contributed by atoms with Crippen molar-refractivity contribution in [2.75, 3.05) is 18.4 Å². The van der Waals surface area contributed by atoms with Crippen LogP contribution >= 0.6 is 0 Å². The van der Waals surface area contributed by atoms with Crippen LogP contribution in [0.25, 0.3) is 0 Å². The largest absolute Gasteiger partial charge is 0.497 e. The SMILES string of the molecule is COc1ccc(C(C)NC(=O)COc2ccc(S(=O)(=O)Nc3ccc(C)c(C)c3)cc2)cc1. The first kappa shape index (κ1) is 24.1. The summed E-state index contributed by atoms with van der Waals surface area (Å²) in [5.74, 6) is 0.856. The Morgan fingerprint density at radius 3 is 2.15 bits per heavy atom. The molecule has 1 atom stereocenters. The number of ether oxygens (including phenoxy) is 2. The Bertz CT molecular complexity index is 1210. The Balaban J connectivity index is 1.55. The number of aryl methyl sites for hydroxylation is 2. The molecule has 1 amide bonds. The molecule has 0 bridgehead atoms. The number of sulfonamides is 1. The maximum Gasteiger partial charge on any atom is 0.261 e. The van der Waals surface area contributed by atoms with Crippen molar-refractivity contribution in [2.24, 2.45) is 0 Å². The fourth-order valence-corrected chi connectivity index (χ4v) is 4.19. The van der Waals surface area contributed by atoms with E-state index in [1.165, 1.54) is 24.3 Å². The van der Waals surface area contributed by atoms with Gasteiger partial charge in [-0.05, 0) is 86.0 Å². The fraction of sp³-hybridized carbons (Fsp3) is 0.240. The Kier molecular flexibility index (Phi) is 7.60. The molecular formula is C25H28N2O5S. The van der Waals surface area contributed by atoms with Crippen molar-refractivity contribution < 1.29 is 22.7 Å². The lowest BCUT2D eigenvalue weighted by atomic mass is 10.1. The number of methoxy groups -OCH3 is 1. The van der Waals surface area contributed by atoms with Crippen molar-refractivity contribution in [1.29, 1.82) is 0 Å². The van der Waals surface area contributed by atoms with Crippen molar-refractivity contribution in [3.8, 4) is 11.5 Å². The monoisotopic (exact) mass is 468 g/mol. The number of hydrogen-bond donors (Lipinski definition) is 2. The average molecular weight is 469 g/mol. The van der Waals surface area contributed by atoms with Gasteiger partial charge in [0.15, 0.2) is 6.61 Å². The molecule has 0 saturated heterocycles. The molecule has 0 radical (unpaired) electrons. The van der Waals surface area contributed by atoms with Crippen molar-refractivity contribution in [3.05, 3.63) is 83.4 Å². The van der Waals surface area contributed by atoms with Crippen LogP contribution in [0.1, 0.15) is 29.7 Å². The summed E-state index contributed by atoms with van der Waals surface area (Å²) in [5, 5.41) is 2.86. The molecule has 0 aromatic heterocycles. The second-order valence-electron chi connectivity index (χ2n) is 7.73. The van der Waals surface area contributed by atoms with E-state index in [0.29, 0.717) is 11.4 Å². The molecule has 3 rings (SSSR count). The molecule has 3 aromatic carbocycles. The van der Waals surface area contributed by atoms with Gasteiger partial charge in [-0.2, -0.15) is 0 Å². The highest BCUT2D eigenvalue weighted by molar-refractivity contribution is 7.92. The van der Waals surface area contributed by atoms with Gasteiger partial charge in [0.1, 0.15) is 11.5 Å². The van der Waals surface area contributed by atoms with E-state index in [1.54, 1.807) is 19.2 Å². The lowest BCUT2D eigenvalue weighted by molar-refractivity contribution is -0.123. The van der Waals surface area contributed by atoms with Crippen molar-refractivity contribution in [2.45, 2.75) is 31.7 Å². The first-order chi connectivity index (χ1) is 15.7. The summed E-state index contributed by atoms with van der Waals surface area (Å²) in [4.78, 5) is 12.3. The van der Waals surface area contributed by atoms with Gasteiger partial charge in [0, 0.05) is 5.69 Å². The third kappa shape index (κ3) is 6.49. The van der Waals surface area contributed by atoms with E-state index in [1.807, 2.05) is 51.1 Å². The van der Waals surface area contributed by atoms with Crippen LogP contribution in [0.2, 0.25) is 0 Å². The Morgan fingerprint density at radius 2 is 1.55 bits per heavy atom. The third-order valence-electron chi connectivity index (χ3n) is 5.26. The number of hydrogen-bond acceptors (Lipinski definition) is 5. The van der Waals surface area contributed by atoms with Gasteiger partial charge in [-0.25, -0.2) is 8.42 Å². The Morgan fingerprint density at radius 1 is 0.909 bits per heavy atom. The zero-order valence-electron chi connectivity index (χ0n) is 19.1. The zero-order chi connectivity index (χ0) is 24.0. The first-order valence-electron chi connectivity index (χ1n) is 10.4. The molecule has 1 unspecified atom stereocenters. The molecule has 0 saturated carbocycles. The molecule has 0 aliphatic carbocycles. The predicted molar refractivity (Wildman–Crippen MR) is 128 cm³/mol. The van der Waals surface area contributed by atoms with Gasteiger partial charge in [-0.3, -0.25) is 9.52 Å². The van der Waals surface area contributed by atoms with Crippen molar-refractivity contribution in [3.63, 3.8) is 0 Å². The van der Waals surface area contributed by atoms with Gasteiger partial charge >= 0.3 is 0 Å². The third-order valence-corrected chi connectivity index (χ3v) is 6.65. The highest BCUT2D eigenvalue weighted by atomic mass is 32.2. The van der Waals surface area contributed by atoms with Gasteiger partial charge in [-0.1, -0.05) is 18.2 Å². The molecule has 33 heavy (non-hydrogen) atoms. The maximum atomic E-state index is 12.6. The van der Waals surface area contributed by atoms with Crippen LogP contribution in [0.4, 0.5) is 5.69 Å². The summed E-state index contributed by atoms with van der Waals surface area (Å²) < 4.78 is 38.5. The molecule has 0 aliphatic heterocycles. The van der Waals surface area contributed by atoms with Crippen molar-refractivity contribution in [1.82, 2.24) is 5.32 Å². The van der Waals surface area contributed by atoms with Gasteiger partial charge in [-0.15, -0.1) is 0 Å². The number of anilines is 1. The number of amides is 1. The number of benzene rings is 3. The molecule has 2 N–H and O–H groups in total. The summed E-state index contributed by atoms with van der Waals surface area (Å²) >= 11 is 0. The van der Waals surface area contributed by atoms with Crippen LogP contribution in [-0.2, 0) is 14.8 Å². The standard InChI is InChI=1S/C25H28N2O5S/c1-17-5-8-21(15-18(17)2)27-33(29,30)24-13-11-23(12-14-24)32-16-25(28)26-19(3)20-6-9-22(31-4)10-7-20/h5-15,19,27H,16H2,1-4H3,(H,26,28). The molecule has 8 heteroatoms. The fourth-order valence-electron chi connectivity index (χ4n) is 3.14. The summed E-state index contributed by atoms with van der Waals surface area (Å²) in [6, 6.07) is 18.5. The molecular weight excluding hydrogens is 440 g/mol. The summed E-state index contributed by atoms with van der Waals surface area (Å²) in [7, 11) is -2.14.